The van der Waals surface area contributed by atoms with Crippen LogP contribution in [0.15, 0.2) is 53.4 Å². The molecule has 128 valence electrons. The summed E-state index contributed by atoms with van der Waals surface area (Å²) in [4.78, 5) is 2.34. The fourth-order valence-corrected chi connectivity index (χ4v) is 4.03. The van der Waals surface area contributed by atoms with Crippen LogP contribution < -0.4 is 4.90 Å². The number of nitrogens with zero attached hydrogens (tertiary/aromatic N) is 1. The molecule has 1 atom stereocenters. The number of ether oxygens (including phenoxy) is 1. The zero-order valence-electron chi connectivity index (χ0n) is 13.5. The van der Waals surface area contributed by atoms with Crippen LogP contribution in [0.3, 0.4) is 0 Å². The van der Waals surface area contributed by atoms with Crippen LogP contribution in [0.25, 0.3) is 0 Å². The van der Waals surface area contributed by atoms with Crippen LogP contribution >= 0.6 is 0 Å². The van der Waals surface area contributed by atoms with Gasteiger partial charge in [-0.05, 0) is 29.8 Å². The maximum Gasteiger partial charge on any atom is 0.180 e. The molecule has 0 aliphatic carbocycles. The van der Waals surface area contributed by atoms with Crippen molar-refractivity contribution in [3.8, 4) is 0 Å². The molecule has 0 unspecified atom stereocenters. The Morgan fingerprint density at radius 3 is 2.75 bits per heavy atom. The van der Waals surface area contributed by atoms with Crippen LogP contribution in [0.4, 0.5) is 10.1 Å². The van der Waals surface area contributed by atoms with Crippen LogP contribution in [0, 0.1) is 5.82 Å². The van der Waals surface area contributed by atoms with E-state index in [-0.39, 0.29) is 17.7 Å². The van der Waals surface area contributed by atoms with Gasteiger partial charge >= 0.3 is 0 Å². The molecule has 6 heteroatoms. The second kappa shape index (κ2) is 6.91. The lowest BCUT2D eigenvalue weighted by atomic mass is 10.1. The van der Waals surface area contributed by atoms with Crippen LogP contribution in [0.1, 0.15) is 18.6 Å². The molecule has 2 aromatic carbocycles. The van der Waals surface area contributed by atoms with Crippen molar-refractivity contribution in [2.45, 2.75) is 17.9 Å². The summed E-state index contributed by atoms with van der Waals surface area (Å²) in [5, 5.41) is 0. The number of morpholine rings is 1. The van der Waals surface area contributed by atoms with Gasteiger partial charge in [-0.3, -0.25) is 0 Å². The molecular weight excluding hydrogens is 329 g/mol. The molecule has 1 fully saturated rings. The van der Waals surface area contributed by atoms with Crippen molar-refractivity contribution >= 4 is 15.5 Å². The lowest BCUT2D eigenvalue weighted by Crippen LogP contribution is -2.39. The minimum absolute atomic E-state index is 0.0572. The average molecular weight is 349 g/mol. The molecular formula is C18H20FNO3S. The Kier molecular flexibility index (Phi) is 4.87. The minimum Gasteiger partial charge on any atom is -0.370 e. The minimum atomic E-state index is -3.31. The summed E-state index contributed by atoms with van der Waals surface area (Å²) < 4.78 is 43.9. The lowest BCUT2D eigenvalue weighted by molar-refractivity contribution is 0.0394. The first-order chi connectivity index (χ1) is 11.5. The summed E-state index contributed by atoms with van der Waals surface area (Å²) in [6.45, 7) is 3.18. The van der Waals surface area contributed by atoms with Gasteiger partial charge in [0.2, 0.25) is 0 Å². The smallest absolute Gasteiger partial charge is 0.180 e. The maximum absolute atomic E-state index is 13.5. The molecule has 1 heterocycles. The summed E-state index contributed by atoms with van der Waals surface area (Å²) in [5.74, 6) is -0.246. The van der Waals surface area contributed by atoms with E-state index < -0.39 is 9.84 Å². The van der Waals surface area contributed by atoms with Crippen molar-refractivity contribution < 1.29 is 17.5 Å². The van der Waals surface area contributed by atoms with Gasteiger partial charge in [0.05, 0.1) is 22.9 Å². The quantitative estimate of drug-likeness (QED) is 0.850. The highest BCUT2D eigenvalue weighted by Crippen LogP contribution is 2.31. The Morgan fingerprint density at radius 2 is 2.00 bits per heavy atom. The number of hydrogen-bond donors (Lipinski definition) is 0. The number of hydrogen-bond acceptors (Lipinski definition) is 4. The van der Waals surface area contributed by atoms with Gasteiger partial charge in [-0.2, -0.15) is 0 Å². The van der Waals surface area contributed by atoms with E-state index >= 15 is 0 Å². The molecule has 0 N–H and O–H groups in total. The molecule has 0 bridgehead atoms. The third kappa shape index (κ3) is 3.44. The molecule has 24 heavy (non-hydrogen) atoms. The summed E-state index contributed by atoms with van der Waals surface area (Å²) in [7, 11) is -3.31. The molecule has 2 aromatic rings. The Morgan fingerprint density at radius 1 is 1.21 bits per heavy atom. The molecule has 0 amide bonds. The van der Waals surface area contributed by atoms with Crippen LogP contribution in [0.2, 0.25) is 0 Å². The third-order valence-electron chi connectivity index (χ3n) is 4.21. The Bertz CT molecular complexity index is 823. The molecule has 1 aliphatic heterocycles. The van der Waals surface area contributed by atoms with Gasteiger partial charge in [-0.1, -0.05) is 31.2 Å². The van der Waals surface area contributed by atoms with E-state index in [0.29, 0.717) is 30.3 Å². The molecule has 0 radical (unpaired) electrons. The first kappa shape index (κ1) is 16.9. The molecule has 1 aliphatic rings. The topological polar surface area (TPSA) is 46.6 Å². The second-order valence-electron chi connectivity index (χ2n) is 5.73. The first-order valence-electron chi connectivity index (χ1n) is 7.95. The predicted octanol–water partition coefficient (Wildman–Crippen LogP) is 3.20. The Balaban J connectivity index is 1.91. The van der Waals surface area contributed by atoms with E-state index in [1.54, 1.807) is 25.1 Å². The van der Waals surface area contributed by atoms with Crippen molar-refractivity contribution in [2.24, 2.45) is 0 Å². The molecule has 4 nitrogen and oxygen atoms in total. The Labute approximate surface area is 141 Å². The van der Waals surface area contributed by atoms with Crippen LogP contribution in [-0.2, 0) is 14.6 Å². The normalized spacial score (nSPS) is 18.6. The van der Waals surface area contributed by atoms with Gasteiger partial charge < -0.3 is 9.64 Å². The van der Waals surface area contributed by atoms with Gasteiger partial charge in [-0.15, -0.1) is 0 Å². The van der Waals surface area contributed by atoms with E-state index in [1.165, 1.54) is 12.1 Å². The summed E-state index contributed by atoms with van der Waals surface area (Å²) in [6.07, 6.45) is -0.285. The predicted molar refractivity (Wildman–Crippen MR) is 91.5 cm³/mol. The highest BCUT2D eigenvalue weighted by atomic mass is 32.2. The first-order valence-corrected chi connectivity index (χ1v) is 9.60. The summed E-state index contributed by atoms with van der Waals surface area (Å²) in [5.41, 5.74) is 1.44. The number of anilines is 1. The molecule has 0 aromatic heterocycles. The SMILES string of the molecule is CCS(=O)(=O)c1ccccc1N1CCO[C@H](c2cccc(F)c2)C1. The number of rotatable bonds is 4. The second-order valence-corrected chi connectivity index (χ2v) is 7.98. The van der Waals surface area contributed by atoms with Gasteiger partial charge in [-0.25, -0.2) is 12.8 Å². The van der Waals surface area contributed by atoms with Crippen molar-refractivity contribution in [3.05, 3.63) is 59.9 Å². The zero-order valence-corrected chi connectivity index (χ0v) is 14.3. The highest BCUT2D eigenvalue weighted by molar-refractivity contribution is 7.91. The number of halogens is 1. The fraction of sp³-hybridized carbons (Fsp3) is 0.333. The van der Waals surface area contributed by atoms with E-state index in [9.17, 15) is 12.8 Å². The monoisotopic (exact) mass is 349 g/mol. The van der Waals surface area contributed by atoms with Crippen molar-refractivity contribution in [1.82, 2.24) is 0 Å². The van der Waals surface area contributed by atoms with E-state index in [0.717, 1.165) is 5.56 Å². The molecule has 1 saturated heterocycles. The number of para-hydroxylation sites is 1. The molecule has 3 rings (SSSR count). The average Bonchev–Trinajstić information content (AvgIpc) is 2.62. The van der Waals surface area contributed by atoms with Crippen LogP contribution in [-0.4, -0.2) is 33.9 Å². The van der Waals surface area contributed by atoms with E-state index in [4.69, 9.17) is 4.74 Å². The van der Waals surface area contributed by atoms with Crippen molar-refractivity contribution in [3.63, 3.8) is 0 Å². The number of benzene rings is 2. The van der Waals surface area contributed by atoms with Gasteiger partial charge in [0.15, 0.2) is 9.84 Å². The van der Waals surface area contributed by atoms with Crippen molar-refractivity contribution in [1.29, 1.82) is 0 Å². The summed E-state index contributed by atoms with van der Waals surface area (Å²) in [6, 6.07) is 13.4. The fourth-order valence-electron chi connectivity index (χ4n) is 2.91. The summed E-state index contributed by atoms with van der Waals surface area (Å²) >= 11 is 0. The third-order valence-corrected chi connectivity index (χ3v) is 5.98. The van der Waals surface area contributed by atoms with E-state index in [2.05, 4.69) is 0 Å². The number of sulfone groups is 1. The van der Waals surface area contributed by atoms with E-state index in [1.807, 2.05) is 23.1 Å². The van der Waals surface area contributed by atoms with Crippen LogP contribution in [0.5, 0.6) is 0 Å². The zero-order chi connectivity index (χ0) is 17.2. The maximum atomic E-state index is 13.5. The largest absolute Gasteiger partial charge is 0.370 e. The van der Waals surface area contributed by atoms with Crippen molar-refractivity contribution in [2.75, 3.05) is 30.3 Å². The molecule has 0 saturated carbocycles. The molecule has 0 spiro atoms. The highest BCUT2D eigenvalue weighted by Gasteiger charge is 2.26. The van der Waals surface area contributed by atoms with Gasteiger partial charge in [0, 0.05) is 13.1 Å². The lowest BCUT2D eigenvalue weighted by Gasteiger charge is -2.35. The standard InChI is InChI=1S/C18H20FNO3S/c1-2-24(21,22)18-9-4-3-8-16(18)20-10-11-23-17(13-20)14-6-5-7-15(19)12-14/h3-9,12,17H,2,10-11,13H2,1H3/t17-/m0/s1. The van der Waals surface area contributed by atoms with Gasteiger partial charge in [0.25, 0.3) is 0 Å². The Hall–Kier alpha value is -1.92. The van der Waals surface area contributed by atoms with Gasteiger partial charge in [0.1, 0.15) is 11.9 Å².